The smallest absolute Gasteiger partial charge is 0.0781 e. The van der Waals surface area contributed by atoms with Crippen molar-refractivity contribution >= 4 is 8.07 Å². The van der Waals surface area contributed by atoms with Gasteiger partial charge in [0.1, 0.15) is 0 Å². The average Bonchev–Trinajstić information content (AvgIpc) is 1.62. The molecule has 1 atom stereocenters. The summed E-state index contributed by atoms with van der Waals surface area (Å²) in [7, 11) is -1.21. The van der Waals surface area contributed by atoms with Crippen LogP contribution in [-0.4, -0.2) is 18.9 Å². The molecule has 0 aromatic carbocycles. The monoisotopic (exact) mass is 132 g/mol. The molecule has 0 fully saturated rings. The predicted molar refractivity (Wildman–Crippen MR) is 39.6 cm³/mol. The van der Waals surface area contributed by atoms with E-state index < -0.39 is 8.07 Å². The van der Waals surface area contributed by atoms with Crippen LogP contribution >= 0.6 is 0 Å². The minimum absolute atomic E-state index is 0.0116. The second kappa shape index (κ2) is 2.64. The second-order valence-electron chi connectivity index (χ2n) is 3.29. The van der Waals surface area contributed by atoms with Crippen LogP contribution in [0, 0.1) is 0 Å². The highest BCUT2D eigenvalue weighted by Crippen LogP contribution is 2.09. The Balaban J connectivity index is 3.62. The summed E-state index contributed by atoms with van der Waals surface area (Å²) in [5.74, 6) is 0. The lowest BCUT2D eigenvalue weighted by Crippen LogP contribution is -2.37. The molecule has 0 aromatic rings. The Kier molecular flexibility index (Phi) is 2.70. The van der Waals surface area contributed by atoms with Crippen molar-refractivity contribution in [2.75, 3.05) is 0 Å². The summed E-state index contributed by atoms with van der Waals surface area (Å²) in [6.07, 6.45) is 0.912. The maximum absolute atomic E-state index is 9.26. The third kappa shape index (κ3) is 2.48. The van der Waals surface area contributed by atoms with Crippen LogP contribution in [0.15, 0.2) is 0 Å². The first-order chi connectivity index (χ1) is 3.48. The SMILES string of the molecule is CCC(O)[Si](C)(C)C. The Morgan fingerprint density at radius 2 is 1.75 bits per heavy atom. The first-order valence-corrected chi connectivity index (χ1v) is 6.74. The molecule has 2 heteroatoms. The topological polar surface area (TPSA) is 20.2 Å². The van der Waals surface area contributed by atoms with Crippen LogP contribution in [-0.2, 0) is 0 Å². The normalized spacial score (nSPS) is 16.1. The minimum atomic E-state index is -1.21. The molecule has 1 unspecified atom stereocenters. The minimum Gasteiger partial charge on any atom is -0.397 e. The molecule has 0 amide bonds. The summed E-state index contributed by atoms with van der Waals surface area (Å²) in [6, 6.07) is 0. The van der Waals surface area contributed by atoms with E-state index in [0.717, 1.165) is 6.42 Å². The fourth-order valence-electron chi connectivity index (χ4n) is 0.612. The third-order valence-electron chi connectivity index (χ3n) is 1.39. The van der Waals surface area contributed by atoms with Crippen LogP contribution in [0.4, 0.5) is 0 Å². The van der Waals surface area contributed by atoms with Gasteiger partial charge < -0.3 is 5.11 Å². The molecule has 8 heavy (non-hydrogen) atoms. The van der Waals surface area contributed by atoms with Gasteiger partial charge in [0.05, 0.1) is 8.07 Å². The fourth-order valence-corrected chi connectivity index (χ4v) is 1.84. The van der Waals surface area contributed by atoms with Crippen molar-refractivity contribution in [3.05, 3.63) is 0 Å². The molecule has 0 saturated heterocycles. The van der Waals surface area contributed by atoms with Gasteiger partial charge in [0, 0.05) is 5.73 Å². The van der Waals surface area contributed by atoms with E-state index in [1.54, 1.807) is 0 Å². The Morgan fingerprint density at radius 3 is 1.75 bits per heavy atom. The number of rotatable bonds is 2. The standard InChI is InChI=1S/C6H16OSi/c1-5-6(7)8(2,3)4/h6-7H,5H2,1-4H3. The van der Waals surface area contributed by atoms with E-state index >= 15 is 0 Å². The van der Waals surface area contributed by atoms with Gasteiger partial charge in [-0.15, -0.1) is 0 Å². The first kappa shape index (κ1) is 8.18. The lowest BCUT2D eigenvalue weighted by Gasteiger charge is -2.21. The van der Waals surface area contributed by atoms with E-state index in [1.165, 1.54) is 0 Å². The number of hydrogen-bond acceptors (Lipinski definition) is 1. The summed E-state index contributed by atoms with van der Waals surface area (Å²) >= 11 is 0. The Hall–Kier alpha value is 0.177. The van der Waals surface area contributed by atoms with Gasteiger partial charge >= 0.3 is 0 Å². The van der Waals surface area contributed by atoms with Gasteiger partial charge in [-0.1, -0.05) is 26.6 Å². The van der Waals surface area contributed by atoms with Gasteiger partial charge in [-0.25, -0.2) is 0 Å². The highest BCUT2D eigenvalue weighted by atomic mass is 28.3. The van der Waals surface area contributed by atoms with E-state index in [0.29, 0.717) is 0 Å². The molecule has 0 heterocycles. The predicted octanol–water partition coefficient (Wildman–Crippen LogP) is 1.63. The molecular weight excluding hydrogens is 116 g/mol. The second-order valence-corrected chi connectivity index (χ2v) is 8.69. The van der Waals surface area contributed by atoms with Crippen LogP contribution in [0.3, 0.4) is 0 Å². The van der Waals surface area contributed by atoms with Crippen molar-refractivity contribution in [1.29, 1.82) is 0 Å². The molecule has 0 bridgehead atoms. The van der Waals surface area contributed by atoms with Gasteiger partial charge in [0.2, 0.25) is 0 Å². The third-order valence-corrected chi connectivity index (χ3v) is 3.79. The molecule has 1 N–H and O–H groups in total. The molecule has 0 aromatic heterocycles. The summed E-state index contributed by atoms with van der Waals surface area (Å²) < 4.78 is 0. The Bertz CT molecular complexity index is 65.4. The average molecular weight is 132 g/mol. The molecule has 0 radical (unpaired) electrons. The van der Waals surface area contributed by atoms with Gasteiger partial charge in [-0.2, -0.15) is 0 Å². The van der Waals surface area contributed by atoms with Crippen molar-refractivity contribution in [2.24, 2.45) is 0 Å². The molecule has 50 valence electrons. The van der Waals surface area contributed by atoms with Gasteiger partial charge in [-0.05, 0) is 6.42 Å². The van der Waals surface area contributed by atoms with Crippen LogP contribution in [0.5, 0.6) is 0 Å². The molecule has 0 aliphatic carbocycles. The molecular formula is C6H16OSi. The molecule has 0 aliphatic rings. The van der Waals surface area contributed by atoms with E-state index in [2.05, 4.69) is 19.6 Å². The zero-order chi connectivity index (χ0) is 6.78. The molecule has 0 spiro atoms. The van der Waals surface area contributed by atoms with Crippen LogP contribution in [0.2, 0.25) is 19.6 Å². The number of aliphatic hydroxyl groups is 1. The highest BCUT2D eigenvalue weighted by molar-refractivity contribution is 6.77. The van der Waals surface area contributed by atoms with Gasteiger partial charge in [0.25, 0.3) is 0 Å². The zero-order valence-electron chi connectivity index (χ0n) is 6.23. The molecule has 0 saturated carbocycles. The number of hydrogen-bond donors (Lipinski definition) is 1. The Labute approximate surface area is 52.7 Å². The number of aliphatic hydroxyl groups excluding tert-OH is 1. The van der Waals surface area contributed by atoms with Crippen molar-refractivity contribution in [2.45, 2.75) is 38.7 Å². The quantitative estimate of drug-likeness (QED) is 0.566. The van der Waals surface area contributed by atoms with Crippen molar-refractivity contribution in [3.63, 3.8) is 0 Å². The van der Waals surface area contributed by atoms with Crippen molar-refractivity contribution in [1.82, 2.24) is 0 Å². The van der Waals surface area contributed by atoms with Gasteiger partial charge in [0.15, 0.2) is 0 Å². The largest absolute Gasteiger partial charge is 0.397 e. The maximum Gasteiger partial charge on any atom is 0.0781 e. The van der Waals surface area contributed by atoms with Crippen LogP contribution in [0.25, 0.3) is 0 Å². The lowest BCUT2D eigenvalue weighted by molar-refractivity contribution is 0.240. The summed E-state index contributed by atoms with van der Waals surface area (Å²) in [5, 5.41) is 9.26. The van der Waals surface area contributed by atoms with E-state index in [-0.39, 0.29) is 5.73 Å². The first-order valence-electron chi connectivity index (χ1n) is 3.16. The highest BCUT2D eigenvalue weighted by Gasteiger charge is 2.21. The summed E-state index contributed by atoms with van der Waals surface area (Å²) in [6.45, 7) is 8.58. The zero-order valence-corrected chi connectivity index (χ0v) is 7.23. The van der Waals surface area contributed by atoms with Gasteiger partial charge in [-0.3, -0.25) is 0 Å². The summed E-state index contributed by atoms with van der Waals surface area (Å²) in [4.78, 5) is 0. The van der Waals surface area contributed by atoms with E-state index in [4.69, 9.17) is 0 Å². The molecule has 0 rings (SSSR count). The molecule has 1 nitrogen and oxygen atoms in total. The fraction of sp³-hybridized carbons (Fsp3) is 1.00. The van der Waals surface area contributed by atoms with Crippen molar-refractivity contribution < 1.29 is 5.11 Å². The van der Waals surface area contributed by atoms with E-state index in [9.17, 15) is 5.11 Å². The Morgan fingerprint density at radius 1 is 1.38 bits per heavy atom. The van der Waals surface area contributed by atoms with Crippen LogP contribution < -0.4 is 0 Å². The van der Waals surface area contributed by atoms with Crippen LogP contribution in [0.1, 0.15) is 13.3 Å². The van der Waals surface area contributed by atoms with Crippen molar-refractivity contribution in [3.8, 4) is 0 Å². The summed E-state index contributed by atoms with van der Waals surface area (Å²) in [5.41, 5.74) is -0.0116. The van der Waals surface area contributed by atoms with E-state index in [1.807, 2.05) is 6.92 Å². The maximum atomic E-state index is 9.26. The lowest BCUT2D eigenvalue weighted by atomic mass is 10.5. The molecule has 0 aliphatic heterocycles.